The lowest BCUT2D eigenvalue weighted by Gasteiger charge is -2.08. The molecule has 12 heavy (non-hydrogen) atoms. The number of alkyl halides is 1. The zero-order valence-corrected chi connectivity index (χ0v) is 9.96. The SMILES string of the molecule is CCCCC(=O)OCC(C)CI. The molecule has 0 rings (SSSR count). The summed E-state index contributed by atoms with van der Waals surface area (Å²) in [5, 5.41) is 0. The van der Waals surface area contributed by atoms with E-state index in [9.17, 15) is 4.79 Å². The molecule has 0 aliphatic rings. The van der Waals surface area contributed by atoms with Gasteiger partial charge in [-0.1, -0.05) is 42.9 Å². The highest BCUT2D eigenvalue weighted by atomic mass is 127. The van der Waals surface area contributed by atoms with Crippen LogP contribution in [0.3, 0.4) is 0 Å². The minimum Gasteiger partial charge on any atom is -0.465 e. The van der Waals surface area contributed by atoms with Gasteiger partial charge in [0.1, 0.15) is 0 Å². The topological polar surface area (TPSA) is 26.3 Å². The first kappa shape index (κ1) is 12.2. The maximum absolute atomic E-state index is 11.0. The van der Waals surface area contributed by atoms with Crippen molar-refractivity contribution in [3.63, 3.8) is 0 Å². The van der Waals surface area contributed by atoms with Gasteiger partial charge in [-0.15, -0.1) is 0 Å². The molecule has 0 amide bonds. The van der Waals surface area contributed by atoms with Crippen LogP contribution in [0.4, 0.5) is 0 Å². The highest BCUT2D eigenvalue weighted by Gasteiger charge is 2.04. The second kappa shape index (κ2) is 7.83. The van der Waals surface area contributed by atoms with Crippen LogP contribution in [-0.2, 0) is 9.53 Å². The predicted octanol–water partition coefficient (Wildman–Crippen LogP) is 2.79. The molecule has 0 fully saturated rings. The van der Waals surface area contributed by atoms with Gasteiger partial charge in [0, 0.05) is 10.8 Å². The standard InChI is InChI=1S/C9H17IO2/c1-3-4-5-9(11)12-7-8(2)6-10/h8H,3-7H2,1-2H3. The van der Waals surface area contributed by atoms with E-state index in [2.05, 4.69) is 36.4 Å². The summed E-state index contributed by atoms with van der Waals surface area (Å²) in [4.78, 5) is 11.0. The van der Waals surface area contributed by atoms with Crippen molar-refractivity contribution >= 4 is 28.6 Å². The molecular formula is C9H17IO2. The third kappa shape index (κ3) is 6.88. The number of hydrogen-bond donors (Lipinski definition) is 0. The molecule has 0 aromatic heterocycles. The lowest BCUT2D eigenvalue weighted by Crippen LogP contribution is -2.12. The van der Waals surface area contributed by atoms with Gasteiger partial charge in [0.05, 0.1) is 6.61 Å². The van der Waals surface area contributed by atoms with Crippen LogP contribution in [0, 0.1) is 5.92 Å². The van der Waals surface area contributed by atoms with Gasteiger partial charge in [-0.25, -0.2) is 0 Å². The van der Waals surface area contributed by atoms with Crippen molar-refractivity contribution in [1.29, 1.82) is 0 Å². The van der Waals surface area contributed by atoms with Gasteiger partial charge in [0.15, 0.2) is 0 Å². The maximum atomic E-state index is 11.0. The first-order chi connectivity index (χ1) is 5.70. The normalized spacial score (nSPS) is 12.6. The van der Waals surface area contributed by atoms with Crippen molar-refractivity contribution in [3.8, 4) is 0 Å². The Labute approximate surface area is 88.2 Å². The van der Waals surface area contributed by atoms with Gasteiger partial charge < -0.3 is 4.74 Å². The van der Waals surface area contributed by atoms with E-state index in [-0.39, 0.29) is 5.97 Å². The minimum absolute atomic E-state index is 0.0476. The van der Waals surface area contributed by atoms with Crippen molar-refractivity contribution in [2.75, 3.05) is 11.0 Å². The molecule has 0 aromatic rings. The summed E-state index contributed by atoms with van der Waals surface area (Å²) < 4.78 is 6.09. The minimum atomic E-state index is -0.0476. The van der Waals surface area contributed by atoms with Crippen LogP contribution in [-0.4, -0.2) is 17.0 Å². The second-order valence-electron chi connectivity index (χ2n) is 3.05. The van der Waals surface area contributed by atoms with Crippen molar-refractivity contribution in [1.82, 2.24) is 0 Å². The largest absolute Gasteiger partial charge is 0.465 e. The molecular weight excluding hydrogens is 267 g/mol. The van der Waals surface area contributed by atoms with E-state index in [0.29, 0.717) is 18.9 Å². The summed E-state index contributed by atoms with van der Waals surface area (Å²) in [5.41, 5.74) is 0. The lowest BCUT2D eigenvalue weighted by atomic mass is 10.2. The fourth-order valence-corrected chi connectivity index (χ4v) is 0.927. The number of hydrogen-bond acceptors (Lipinski definition) is 2. The number of unbranched alkanes of at least 4 members (excludes halogenated alkanes) is 1. The number of rotatable bonds is 6. The summed E-state index contributed by atoms with van der Waals surface area (Å²) in [5.74, 6) is 0.435. The fourth-order valence-electron chi connectivity index (χ4n) is 0.673. The van der Waals surface area contributed by atoms with E-state index in [4.69, 9.17) is 4.74 Å². The van der Waals surface area contributed by atoms with Gasteiger partial charge in [-0.3, -0.25) is 4.79 Å². The third-order valence-corrected chi connectivity index (χ3v) is 3.03. The van der Waals surface area contributed by atoms with E-state index in [1.54, 1.807) is 0 Å². The average molecular weight is 284 g/mol. The van der Waals surface area contributed by atoms with Crippen LogP contribution in [0.5, 0.6) is 0 Å². The smallest absolute Gasteiger partial charge is 0.305 e. The van der Waals surface area contributed by atoms with Crippen LogP contribution < -0.4 is 0 Å². The van der Waals surface area contributed by atoms with E-state index in [1.807, 2.05) is 0 Å². The molecule has 0 bridgehead atoms. The Hall–Kier alpha value is 0.200. The van der Waals surface area contributed by atoms with E-state index in [1.165, 1.54) is 0 Å². The van der Waals surface area contributed by atoms with Crippen molar-refractivity contribution in [3.05, 3.63) is 0 Å². The highest BCUT2D eigenvalue weighted by Crippen LogP contribution is 2.03. The summed E-state index contributed by atoms with van der Waals surface area (Å²) in [6.07, 6.45) is 2.57. The molecule has 0 spiro atoms. The highest BCUT2D eigenvalue weighted by molar-refractivity contribution is 14.1. The zero-order valence-electron chi connectivity index (χ0n) is 7.81. The van der Waals surface area contributed by atoms with Crippen LogP contribution in [0.25, 0.3) is 0 Å². The summed E-state index contributed by atoms with van der Waals surface area (Å²) >= 11 is 2.30. The third-order valence-electron chi connectivity index (χ3n) is 1.53. The van der Waals surface area contributed by atoms with Crippen LogP contribution in [0.1, 0.15) is 33.1 Å². The van der Waals surface area contributed by atoms with Gasteiger partial charge in [0.2, 0.25) is 0 Å². The number of halogens is 1. The van der Waals surface area contributed by atoms with Crippen molar-refractivity contribution in [2.45, 2.75) is 33.1 Å². The molecule has 2 nitrogen and oxygen atoms in total. The molecule has 0 N–H and O–H groups in total. The molecule has 3 heteroatoms. The Kier molecular flexibility index (Phi) is 7.96. The molecule has 0 aromatic carbocycles. The van der Waals surface area contributed by atoms with Crippen molar-refractivity contribution < 1.29 is 9.53 Å². The van der Waals surface area contributed by atoms with E-state index >= 15 is 0 Å². The Morgan fingerprint density at radius 3 is 2.75 bits per heavy atom. The molecule has 0 aliphatic heterocycles. The van der Waals surface area contributed by atoms with Crippen LogP contribution >= 0.6 is 22.6 Å². The average Bonchev–Trinajstić information content (AvgIpc) is 2.10. The molecule has 72 valence electrons. The van der Waals surface area contributed by atoms with Gasteiger partial charge in [-0.2, -0.15) is 0 Å². The van der Waals surface area contributed by atoms with Gasteiger partial charge in [0.25, 0.3) is 0 Å². The first-order valence-corrected chi connectivity index (χ1v) is 5.94. The molecule has 0 aliphatic carbocycles. The Bertz CT molecular complexity index is 126. The maximum Gasteiger partial charge on any atom is 0.305 e. The Morgan fingerprint density at radius 1 is 1.58 bits per heavy atom. The fraction of sp³-hybridized carbons (Fsp3) is 0.889. The number of carbonyl (C=O) groups is 1. The lowest BCUT2D eigenvalue weighted by molar-refractivity contribution is -0.144. The summed E-state index contributed by atoms with van der Waals surface area (Å²) in [7, 11) is 0. The summed E-state index contributed by atoms with van der Waals surface area (Å²) in [6.45, 7) is 4.73. The van der Waals surface area contributed by atoms with Gasteiger partial charge in [-0.05, 0) is 12.3 Å². The van der Waals surface area contributed by atoms with Crippen LogP contribution in [0.15, 0.2) is 0 Å². The van der Waals surface area contributed by atoms with Crippen molar-refractivity contribution in [2.24, 2.45) is 5.92 Å². The molecule has 0 radical (unpaired) electrons. The van der Waals surface area contributed by atoms with E-state index in [0.717, 1.165) is 17.3 Å². The predicted molar refractivity (Wildman–Crippen MR) is 58.5 cm³/mol. The molecule has 1 unspecified atom stereocenters. The van der Waals surface area contributed by atoms with E-state index < -0.39 is 0 Å². The molecule has 0 heterocycles. The molecule has 1 atom stereocenters. The molecule has 0 saturated carbocycles. The number of esters is 1. The van der Waals surface area contributed by atoms with Gasteiger partial charge >= 0.3 is 5.97 Å². The van der Waals surface area contributed by atoms with Crippen LogP contribution in [0.2, 0.25) is 0 Å². The second-order valence-corrected chi connectivity index (χ2v) is 3.93. The number of carbonyl (C=O) groups excluding carboxylic acids is 1. The zero-order chi connectivity index (χ0) is 9.40. The first-order valence-electron chi connectivity index (χ1n) is 4.42. The Balaban J connectivity index is 3.31. The monoisotopic (exact) mass is 284 g/mol. The Morgan fingerprint density at radius 2 is 2.25 bits per heavy atom. The summed E-state index contributed by atoms with van der Waals surface area (Å²) in [6, 6.07) is 0. The molecule has 0 saturated heterocycles. The quantitative estimate of drug-likeness (QED) is 0.426. The number of ether oxygens (including phenoxy) is 1.